The number of nitrogens with zero attached hydrogens (tertiary/aromatic N) is 1. The van der Waals surface area contributed by atoms with Crippen molar-refractivity contribution in [3.63, 3.8) is 0 Å². The molecule has 0 aliphatic rings. The molecular weight excluding hydrogens is 285 g/mol. The molecule has 0 spiro atoms. The summed E-state index contributed by atoms with van der Waals surface area (Å²) in [5.74, 6) is 0.120. The van der Waals surface area contributed by atoms with E-state index in [4.69, 9.17) is 11.6 Å². The Morgan fingerprint density at radius 1 is 1.37 bits per heavy atom. The van der Waals surface area contributed by atoms with Gasteiger partial charge in [0, 0.05) is 23.7 Å². The molecule has 1 aromatic carbocycles. The molecule has 0 atom stereocenters. The minimum absolute atomic E-state index is 0.0240. The third-order valence-electron chi connectivity index (χ3n) is 2.83. The van der Waals surface area contributed by atoms with E-state index in [-0.39, 0.29) is 11.7 Å². The largest absolute Gasteiger partial charge is 0.337 e. The van der Waals surface area contributed by atoms with Crippen LogP contribution in [0.3, 0.4) is 0 Å². The molecule has 2 aromatic rings. The smallest absolute Gasteiger partial charge is 0.264 e. The minimum atomic E-state index is -0.278. The van der Waals surface area contributed by atoms with Gasteiger partial charge in [-0.25, -0.2) is 4.39 Å². The molecule has 1 amide bonds. The number of carbonyl (C=O) groups excluding carboxylic acids is 1. The molecule has 2 nitrogen and oxygen atoms in total. The van der Waals surface area contributed by atoms with Crippen LogP contribution in [0.25, 0.3) is 10.1 Å². The zero-order chi connectivity index (χ0) is 13.8. The lowest BCUT2D eigenvalue weighted by Gasteiger charge is -2.19. The fourth-order valence-electron chi connectivity index (χ4n) is 1.95. The van der Waals surface area contributed by atoms with Crippen LogP contribution in [0.15, 0.2) is 24.3 Å². The van der Waals surface area contributed by atoms with Gasteiger partial charge in [-0.15, -0.1) is 22.9 Å². The van der Waals surface area contributed by atoms with E-state index in [0.717, 1.165) is 16.5 Å². The van der Waals surface area contributed by atoms with E-state index >= 15 is 0 Å². The lowest BCUT2D eigenvalue weighted by atomic mass is 10.2. The average molecular weight is 300 g/mol. The number of alkyl halides is 1. The molecular formula is C14H15ClFNOS. The zero-order valence-corrected chi connectivity index (χ0v) is 12.2. The van der Waals surface area contributed by atoms with E-state index in [2.05, 4.69) is 0 Å². The van der Waals surface area contributed by atoms with Gasteiger partial charge in [-0.1, -0.05) is 13.0 Å². The fraction of sp³-hybridized carbons (Fsp3) is 0.357. The molecule has 0 bridgehead atoms. The second kappa shape index (κ2) is 6.35. The van der Waals surface area contributed by atoms with E-state index in [1.165, 1.54) is 23.5 Å². The highest BCUT2D eigenvalue weighted by atomic mass is 35.5. The van der Waals surface area contributed by atoms with Gasteiger partial charge in [0.2, 0.25) is 0 Å². The third kappa shape index (κ3) is 3.25. The van der Waals surface area contributed by atoms with Gasteiger partial charge in [0.25, 0.3) is 5.91 Å². The highest BCUT2D eigenvalue weighted by Gasteiger charge is 2.17. The first-order valence-electron chi connectivity index (χ1n) is 6.20. The van der Waals surface area contributed by atoms with Crippen molar-refractivity contribution in [1.82, 2.24) is 4.90 Å². The Morgan fingerprint density at radius 3 is 2.84 bits per heavy atom. The summed E-state index contributed by atoms with van der Waals surface area (Å²) >= 11 is 7.05. The second-order valence-electron chi connectivity index (χ2n) is 4.27. The summed E-state index contributed by atoms with van der Waals surface area (Å²) in [7, 11) is 0. The van der Waals surface area contributed by atoms with E-state index in [1.54, 1.807) is 11.0 Å². The molecule has 19 heavy (non-hydrogen) atoms. The van der Waals surface area contributed by atoms with Crippen molar-refractivity contribution in [1.29, 1.82) is 0 Å². The Labute approximate surface area is 120 Å². The first-order chi connectivity index (χ1) is 9.15. The van der Waals surface area contributed by atoms with Crippen LogP contribution in [0.1, 0.15) is 23.0 Å². The number of benzene rings is 1. The van der Waals surface area contributed by atoms with Crippen molar-refractivity contribution in [2.75, 3.05) is 19.0 Å². The molecule has 0 unspecified atom stereocenters. The molecule has 1 heterocycles. The summed E-state index contributed by atoms with van der Waals surface area (Å²) in [6.07, 6.45) is 0.891. The number of thiophene rings is 1. The monoisotopic (exact) mass is 299 g/mol. The minimum Gasteiger partial charge on any atom is -0.337 e. The molecule has 5 heteroatoms. The molecule has 0 radical (unpaired) electrons. The van der Waals surface area contributed by atoms with E-state index in [9.17, 15) is 9.18 Å². The van der Waals surface area contributed by atoms with Crippen molar-refractivity contribution in [3.8, 4) is 0 Å². The van der Waals surface area contributed by atoms with Crippen molar-refractivity contribution < 1.29 is 9.18 Å². The molecule has 1 aromatic heterocycles. The van der Waals surface area contributed by atoms with Crippen molar-refractivity contribution in [2.24, 2.45) is 0 Å². The summed E-state index contributed by atoms with van der Waals surface area (Å²) < 4.78 is 13.9. The number of carbonyl (C=O) groups is 1. The SMILES string of the molecule is CCCN(CCCl)C(=O)c1cc2ccc(F)cc2s1. The van der Waals surface area contributed by atoms with Crippen LogP contribution in [-0.2, 0) is 0 Å². The molecule has 0 saturated heterocycles. The lowest BCUT2D eigenvalue weighted by Crippen LogP contribution is -2.32. The van der Waals surface area contributed by atoms with Crippen LogP contribution in [0, 0.1) is 5.82 Å². The number of hydrogen-bond acceptors (Lipinski definition) is 2. The van der Waals surface area contributed by atoms with Crippen molar-refractivity contribution >= 4 is 38.9 Å². The standard InChI is InChI=1S/C14H15ClFNOS/c1-2-6-17(7-5-15)14(18)13-8-10-3-4-11(16)9-12(10)19-13/h3-4,8-9H,2,5-7H2,1H3. The Morgan fingerprint density at radius 2 is 2.16 bits per heavy atom. The summed E-state index contributed by atoms with van der Waals surface area (Å²) in [6, 6.07) is 6.39. The normalized spacial score (nSPS) is 10.9. The van der Waals surface area contributed by atoms with Crippen LogP contribution in [0.5, 0.6) is 0 Å². The number of hydrogen-bond donors (Lipinski definition) is 0. The molecule has 2 rings (SSSR count). The van der Waals surface area contributed by atoms with Gasteiger partial charge in [-0.05, 0) is 30.0 Å². The van der Waals surface area contributed by atoms with Gasteiger partial charge in [0.15, 0.2) is 0 Å². The van der Waals surface area contributed by atoms with Gasteiger partial charge in [0.05, 0.1) is 4.88 Å². The summed E-state index contributed by atoms with van der Waals surface area (Å²) in [5.41, 5.74) is 0. The van der Waals surface area contributed by atoms with Crippen molar-refractivity contribution in [2.45, 2.75) is 13.3 Å². The van der Waals surface area contributed by atoms with Gasteiger partial charge in [0.1, 0.15) is 5.82 Å². The van der Waals surface area contributed by atoms with E-state index in [0.29, 0.717) is 23.8 Å². The van der Waals surface area contributed by atoms with E-state index < -0.39 is 0 Å². The maximum atomic E-state index is 13.1. The molecule has 102 valence electrons. The maximum absolute atomic E-state index is 13.1. The zero-order valence-electron chi connectivity index (χ0n) is 10.7. The lowest BCUT2D eigenvalue weighted by molar-refractivity contribution is 0.0770. The Balaban J connectivity index is 2.29. The molecule has 0 aliphatic heterocycles. The van der Waals surface area contributed by atoms with Crippen LogP contribution in [-0.4, -0.2) is 29.8 Å². The van der Waals surface area contributed by atoms with Gasteiger partial charge in [-0.3, -0.25) is 4.79 Å². The first-order valence-corrected chi connectivity index (χ1v) is 7.55. The van der Waals surface area contributed by atoms with Gasteiger partial charge < -0.3 is 4.90 Å². The summed E-state index contributed by atoms with van der Waals surface area (Å²) in [5, 5.41) is 0.900. The van der Waals surface area contributed by atoms with E-state index in [1.807, 2.05) is 13.0 Å². The first kappa shape index (κ1) is 14.3. The summed E-state index contributed by atoms with van der Waals surface area (Å²) in [4.78, 5) is 14.7. The van der Waals surface area contributed by atoms with Crippen LogP contribution in [0.2, 0.25) is 0 Å². The van der Waals surface area contributed by atoms with Crippen molar-refractivity contribution in [3.05, 3.63) is 35.0 Å². The number of fused-ring (bicyclic) bond motifs is 1. The topological polar surface area (TPSA) is 20.3 Å². The Bertz CT molecular complexity index is 578. The molecule has 0 N–H and O–H groups in total. The predicted octanol–water partition coefficient (Wildman–Crippen LogP) is 4.13. The van der Waals surface area contributed by atoms with Crippen LogP contribution >= 0.6 is 22.9 Å². The molecule has 0 fully saturated rings. The molecule has 0 aliphatic carbocycles. The third-order valence-corrected chi connectivity index (χ3v) is 4.08. The van der Waals surface area contributed by atoms with Crippen LogP contribution < -0.4 is 0 Å². The van der Waals surface area contributed by atoms with Gasteiger partial charge >= 0.3 is 0 Å². The Kier molecular flexibility index (Phi) is 4.77. The molecule has 0 saturated carbocycles. The highest BCUT2D eigenvalue weighted by Crippen LogP contribution is 2.27. The second-order valence-corrected chi connectivity index (χ2v) is 5.74. The highest BCUT2D eigenvalue weighted by molar-refractivity contribution is 7.20. The number of halogens is 2. The number of rotatable bonds is 5. The Hall–Kier alpha value is -1.13. The fourth-order valence-corrected chi connectivity index (χ4v) is 3.21. The van der Waals surface area contributed by atoms with Crippen LogP contribution in [0.4, 0.5) is 4.39 Å². The maximum Gasteiger partial charge on any atom is 0.264 e. The predicted molar refractivity (Wildman–Crippen MR) is 78.7 cm³/mol. The quantitative estimate of drug-likeness (QED) is 0.760. The average Bonchev–Trinajstić information content (AvgIpc) is 2.80. The van der Waals surface area contributed by atoms with Gasteiger partial charge in [-0.2, -0.15) is 0 Å². The number of amides is 1. The summed E-state index contributed by atoms with van der Waals surface area (Å²) in [6.45, 7) is 3.25.